The van der Waals surface area contributed by atoms with Crippen LogP contribution in [0.1, 0.15) is 10.4 Å². The predicted octanol–water partition coefficient (Wildman–Crippen LogP) is 4.86. The number of carbonyl (C=O) groups is 1. The third-order valence-corrected chi connectivity index (χ3v) is 3.37. The topological polar surface area (TPSA) is 26.3 Å². The predicted molar refractivity (Wildman–Crippen MR) is 70.8 cm³/mol. The number of Topliss-reactive ketones (excluding diaryl/α,β-unsaturated/α-hetero) is 1. The lowest BCUT2D eigenvalue weighted by atomic mass is 9.94. The van der Waals surface area contributed by atoms with Crippen LogP contribution < -0.4 is 4.74 Å². The Bertz CT molecular complexity index is 781. The van der Waals surface area contributed by atoms with Crippen molar-refractivity contribution in [1.82, 2.24) is 0 Å². The van der Waals surface area contributed by atoms with Gasteiger partial charge in [0, 0.05) is 0 Å². The summed E-state index contributed by atoms with van der Waals surface area (Å²) in [6, 6.07) is 7.71. The maximum absolute atomic E-state index is 13.7. The zero-order chi connectivity index (χ0) is 18.3. The monoisotopic (exact) mass is 354 g/mol. The minimum atomic E-state index is -6.59. The summed E-state index contributed by atoms with van der Waals surface area (Å²) >= 11 is 0. The van der Waals surface area contributed by atoms with Crippen molar-refractivity contribution in [3.8, 4) is 5.75 Å². The van der Waals surface area contributed by atoms with Crippen molar-refractivity contribution in [3.63, 3.8) is 0 Å². The van der Waals surface area contributed by atoms with Crippen LogP contribution in [-0.2, 0) is 0 Å². The summed E-state index contributed by atoms with van der Waals surface area (Å²) in [6.45, 7) is 0. The molecular weight excluding hydrogens is 345 g/mol. The van der Waals surface area contributed by atoms with Gasteiger partial charge in [0.15, 0.2) is 0 Å². The average Bonchev–Trinajstić information content (AvgIpc) is 2.51. The smallest absolute Gasteiger partial charge is 0.460 e. The van der Waals surface area contributed by atoms with Crippen molar-refractivity contribution in [2.75, 3.05) is 7.11 Å². The van der Waals surface area contributed by atoms with Crippen LogP contribution >= 0.6 is 0 Å². The first-order valence-electron chi connectivity index (χ1n) is 6.38. The number of benzene rings is 2. The van der Waals surface area contributed by atoms with Gasteiger partial charge in [0.25, 0.3) is 0 Å². The molecule has 0 aliphatic carbocycles. The van der Waals surface area contributed by atoms with E-state index < -0.39 is 35.1 Å². The molecule has 0 amide bonds. The Morgan fingerprint density at radius 2 is 1.50 bits per heavy atom. The van der Waals surface area contributed by atoms with E-state index in [4.69, 9.17) is 0 Å². The van der Waals surface area contributed by atoms with Crippen molar-refractivity contribution < 1.29 is 40.3 Å². The zero-order valence-electron chi connectivity index (χ0n) is 11.9. The van der Waals surface area contributed by atoms with E-state index in [2.05, 4.69) is 4.74 Å². The van der Waals surface area contributed by atoms with Gasteiger partial charge in [0.2, 0.25) is 5.78 Å². The molecule has 0 saturated carbocycles. The fourth-order valence-electron chi connectivity index (χ4n) is 2.13. The van der Waals surface area contributed by atoms with Gasteiger partial charge >= 0.3 is 18.0 Å². The first kappa shape index (κ1) is 18.0. The van der Waals surface area contributed by atoms with Crippen molar-refractivity contribution in [2.45, 2.75) is 18.0 Å². The molecule has 2 rings (SSSR count). The minimum absolute atomic E-state index is 0.202. The number of hydrogen-bond acceptors (Lipinski definition) is 2. The van der Waals surface area contributed by atoms with Crippen LogP contribution in [0.25, 0.3) is 10.8 Å². The second-order valence-electron chi connectivity index (χ2n) is 4.84. The molecule has 0 aliphatic heterocycles. The minimum Gasteiger partial charge on any atom is -0.496 e. The summed E-state index contributed by atoms with van der Waals surface area (Å²) in [7, 11) is 0.973. The van der Waals surface area contributed by atoms with Crippen molar-refractivity contribution in [1.29, 1.82) is 0 Å². The van der Waals surface area contributed by atoms with E-state index in [1.807, 2.05) is 0 Å². The third-order valence-electron chi connectivity index (χ3n) is 3.37. The maximum Gasteiger partial charge on any atom is 0.460 e. The van der Waals surface area contributed by atoms with E-state index in [-0.39, 0.29) is 10.8 Å². The van der Waals surface area contributed by atoms with Crippen LogP contribution in [0.3, 0.4) is 0 Å². The summed E-state index contributed by atoms with van der Waals surface area (Å²) in [5, 5.41) is -0.0210. The van der Waals surface area contributed by atoms with Gasteiger partial charge in [-0.15, -0.1) is 0 Å². The Morgan fingerprint density at radius 1 is 0.917 bits per heavy atom. The van der Waals surface area contributed by atoms with Gasteiger partial charge in [-0.25, -0.2) is 0 Å². The Labute approximate surface area is 130 Å². The molecule has 0 unspecified atom stereocenters. The summed E-state index contributed by atoms with van der Waals surface area (Å²) in [5.41, 5.74) is -1.04. The van der Waals surface area contributed by atoms with Gasteiger partial charge in [0.05, 0.1) is 12.7 Å². The molecule has 0 spiro atoms. The largest absolute Gasteiger partial charge is 0.496 e. The van der Waals surface area contributed by atoms with E-state index >= 15 is 0 Å². The number of ketones is 1. The number of alkyl halides is 7. The van der Waals surface area contributed by atoms with E-state index in [1.165, 1.54) is 24.3 Å². The number of fused-ring (bicyclic) bond motifs is 1. The highest BCUT2D eigenvalue weighted by Gasteiger charge is 2.76. The van der Waals surface area contributed by atoms with E-state index in [0.29, 0.717) is 0 Å². The quantitative estimate of drug-likeness (QED) is 0.579. The maximum atomic E-state index is 13.7. The second-order valence-corrected chi connectivity index (χ2v) is 4.84. The molecule has 130 valence electrons. The lowest BCUT2D eigenvalue weighted by molar-refractivity contribution is -0.339. The number of methoxy groups -OCH3 is 1. The van der Waals surface area contributed by atoms with E-state index in [0.717, 1.165) is 19.2 Å². The number of rotatable bonds is 4. The molecular formula is C15H9F7O2. The zero-order valence-corrected chi connectivity index (χ0v) is 11.9. The Balaban J connectivity index is 2.71. The highest BCUT2D eigenvalue weighted by Crippen LogP contribution is 2.49. The van der Waals surface area contributed by atoms with E-state index in [1.54, 1.807) is 0 Å². The molecule has 24 heavy (non-hydrogen) atoms. The van der Waals surface area contributed by atoms with Gasteiger partial charge in [0.1, 0.15) is 5.75 Å². The molecule has 0 saturated heterocycles. The van der Waals surface area contributed by atoms with Gasteiger partial charge in [-0.3, -0.25) is 4.79 Å². The van der Waals surface area contributed by atoms with Crippen molar-refractivity contribution >= 4 is 16.6 Å². The normalized spacial score (nSPS) is 13.2. The lowest BCUT2D eigenvalue weighted by Crippen LogP contribution is -2.56. The lowest BCUT2D eigenvalue weighted by Gasteiger charge is -2.27. The van der Waals surface area contributed by atoms with Crippen molar-refractivity contribution in [3.05, 3.63) is 42.0 Å². The average molecular weight is 354 g/mol. The van der Waals surface area contributed by atoms with Crippen LogP contribution in [0.15, 0.2) is 36.4 Å². The fraction of sp³-hybridized carbons (Fsp3) is 0.267. The summed E-state index contributed by atoms with van der Waals surface area (Å²) in [6.07, 6.45) is -6.59. The molecule has 0 aliphatic rings. The molecule has 2 aromatic rings. The number of halogens is 7. The highest BCUT2D eigenvalue weighted by molar-refractivity contribution is 6.14. The summed E-state index contributed by atoms with van der Waals surface area (Å²) in [4.78, 5) is 11.9. The molecule has 9 heteroatoms. The molecule has 2 nitrogen and oxygen atoms in total. The number of hydrogen-bond donors (Lipinski definition) is 0. The third kappa shape index (κ3) is 2.57. The molecule has 0 bridgehead atoms. The standard InChI is InChI=1S/C15H9F7O2/c1-24-10-7-6-8-4-2-3-5-9(8)11(10)12(23)13(16,17)14(18,19)15(20,21)22/h2-7H,1H3. The van der Waals surface area contributed by atoms with Crippen LogP contribution in [-0.4, -0.2) is 30.9 Å². The molecule has 0 atom stereocenters. The second kappa shape index (κ2) is 5.64. The fourth-order valence-corrected chi connectivity index (χ4v) is 2.13. The van der Waals surface area contributed by atoms with Gasteiger partial charge in [-0.1, -0.05) is 30.3 Å². The highest BCUT2D eigenvalue weighted by atomic mass is 19.4. The van der Waals surface area contributed by atoms with Crippen LogP contribution in [0.2, 0.25) is 0 Å². The first-order valence-corrected chi connectivity index (χ1v) is 6.38. The van der Waals surface area contributed by atoms with Crippen LogP contribution in [0.4, 0.5) is 30.7 Å². The molecule has 2 aromatic carbocycles. The van der Waals surface area contributed by atoms with Crippen LogP contribution in [0.5, 0.6) is 5.75 Å². The molecule has 0 aromatic heterocycles. The number of ether oxygens (including phenoxy) is 1. The summed E-state index contributed by atoms with van der Waals surface area (Å²) < 4.78 is 95.3. The van der Waals surface area contributed by atoms with Gasteiger partial charge < -0.3 is 4.74 Å². The molecule has 0 N–H and O–H groups in total. The Kier molecular flexibility index (Phi) is 4.24. The van der Waals surface area contributed by atoms with Gasteiger partial charge in [-0.05, 0) is 16.8 Å². The molecule has 0 heterocycles. The first-order chi connectivity index (χ1) is 10.9. The summed E-state index contributed by atoms with van der Waals surface area (Å²) in [5.74, 6) is -15.7. The number of carbonyl (C=O) groups excluding carboxylic acids is 1. The molecule has 0 radical (unpaired) electrons. The van der Waals surface area contributed by atoms with Crippen LogP contribution in [0, 0.1) is 0 Å². The Hall–Kier alpha value is -2.32. The van der Waals surface area contributed by atoms with E-state index in [9.17, 15) is 35.5 Å². The van der Waals surface area contributed by atoms with Crippen molar-refractivity contribution in [2.24, 2.45) is 0 Å². The SMILES string of the molecule is COc1ccc2ccccc2c1C(=O)C(F)(F)C(F)(F)C(F)(F)F. The van der Waals surface area contributed by atoms with Gasteiger partial charge in [-0.2, -0.15) is 30.7 Å². The molecule has 0 fully saturated rings. The Morgan fingerprint density at radius 3 is 2.04 bits per heavy atom.